The quantitative estimate of drug-likeness (QED) is 0.743. The fraction of sp³-hybridized carbons (Fsp3) is 0.357. The van der Waals surface area contributed by atoms with Crippen LogP contribution in [0.2, 0.25) is 0 Å². The molecule has 2 aromatic heterocycles. The highest BCUT2D eigenvalue weighted by molar-refractivity contribution is 5.75. The van der Waals surface area contributed by atoms with Crippen LogP contribution in [-0.4, -0.2) is 19.7 Å². The molecule has 0 fully saturated rings. The Kier molecular flexibility index (Phi) is 3.73. The van der Waals surface area contributed by atoms with E-state index in [2.05, 4.69) is 38.0 Å². The van der Waals surface area contributed by atoms with E-state index in [4.69, 9.17) is 4.52 Å². The number of para-hydroxylation sites is 2. The Hall–Kier alpha value is -2.21. The standard InChI is InChI=1S/C14H17N5O/c1-2-7-19-12-6-4-3-5-11(12)17-14(19)9-15-8-13-16-10-20-18-13/h3-6,10,15H,2,7-9H2,1H3. The molecule has 2 heterocycles. The zero-order valence-electron chi connectivity index (χ0n) is 11.4. The van der Waals surface area contributed by atoms with Crippen LogP contribution in [0.5, 0.6) is 0 Å². The van der Waals surface area contributed by atoms with Gasteiger partial charge in [0.25, 0.3) is 0 Å². The van der Waals surface area contributed by atoms with Crippen molar-refractivity contribution in [1.82, 2.24) is 25.0 Å². The molecule has 1 N–H and O–H groups in total. The first-order valence-corrected chi connectivity index (χ1v) is 6.78. The monoisotopic (exact) mass is 271 g/mol. The summed E-state index contributed by atoms with van der Waals surface area (Å²) in [6.45, 7) is 4.40. The zero-order chi connectivity index (χ0) is 13.8. The molecule has 0 aliphatic carbocycles. The Balaban J connectivity index is 1.77. The van der Waals surface area contributed by atoms with Crippen LogP contribution in [0.1, 0.15) is 25.0 Å². The molecule has 3 aromatic rings. The number of nitrogens with one attached hydrogen (secondary N) is 1. The van der Waals surface area contributed by atoms with Crippen LogP contribution in [0.4, 0.5) is 0 Å². The van der Waals surface area contributed by atoms with Gasteiger partial charge < -0.3 is 14.4 Å². The summed E-state index contributed by atoms with van der Waals surface area (Å²) in [6.07, 6.45) is 2.42. The highest BCUT2D eigenvalue weighted by atomic mass is 16.5. The van der Waals surface area contributed by atoms with Crippen molar-refractivity contribution in [2.45, 2.75) is 33.0 Å². The van der Waals surface area contributed by atoms with E-state index in [1.807, 2.05) is 18.2 Å². The number of imidazole rings is 1. The van der Waals surface area contributed by atoms with Gasteiger partial charge in [0.15, 0.2) is 5.82 Å². The lowest BCUT2D eigenvalue weighted by Gasteiger charge is -2.07. The van der Waals surface area contributed by atoms with E-state index in [0.29, 0.717) is 18.9 Å². The Morgan fingerprint density at radius 2 is 2.15 bits per heavy atom. The second-order valence-corrected chi connectivity index (χ2v) is 4.62. The van der Waals surface area contributed by atoms with Gasteiger partial charge in [-0.25, -0.2) is 4.98 Å². The van der Waals surface area contributed by atoms with E-state index in [9.17, 15) is 0 Å². The molecule has 0 spiro atoms. The largest absolute Gasteiger partial charge is 0.343 e. The molecule has 0 bridgehead atoms. The molecule has 1 aromatic carbocycles. The number of rotatable bonds is 6. The SMILES string of the molecule is CCCn1c(CNCc2ncon2)nc2ccccc21. The average molecular weight is 271 g/mol. The summed E-state index contributed by atoms with van der Waals surface area (Å²) in [6, 6.07) is 8.22. The lowest BCUT2D eigenvalue weighted by molar-refractivity contribution is 0.407. The third kappa shape index (κ3) is 2.55. The maximum absolute atomic E-state index is 4.71. The van der Waals surface area contributed by atoms with Crippen molar-refractivity contribution in [2.24, 2.45) is 0 Å². The number of hydrogen-bond acceptors (Lipinski definition) is 5. The summed E-state index contributed by atoms with van der Waals surface area (Å²) in [4.78, 5) is 8.67. The summed E-state index contributed by atoms with van der Waals surface area (Å²) in [5, 5.41) is 7.07. The van der Waals surface area contributed by atoms with Crippen LogP contribution in [0.15, 0.2) is 35.2 Å². The normalized spacial score (nSPS) is 11.2. The molecule has 0 amide bonds. The Labute approximate surface area is 116 Å². The van der Waals surface area contributed by atoms with Gasteiger partial charge in [0.2, 0.25) is 6.39 Å². The number of aromatic nitrogens is 4. The number of nitrogens with zero attached hydrogens (tertiary/aromatic N) is 4. The fourth-order valence-electron chi connectivity index (χ4n) is 2.29. The summed E-state index contributed by atoms with van der Waals surface area (Å²) in [7, 11) is 0. The Morgan fingerprint density at radius 1 is 1.25 bits per heavy atom. The minimum Gasteiger partial charge on any atom is -0.343 e. The summed E-state index contributed by atoms with van der Waals surface area (Å²) < 4.78 is 6.97. The number of benzene rings is 1. The molecule has 104 valence electrons. The van der Waals surface area contributed by atoms with Gasteiger partial charge in [-0.3, -0.25) is 0 Å². The first kappa shape index (κ1) is 12.8. The molecule has 3 rings (SSSR count). The maximum Gasteiger partial charge on any atom is 0.213 e. The van der Waals surface area contributed by atoms with Crippen LogP contribution in [0.3, 0.4) is 0 Å². The number of aryl methyl sites for hydroxylation is 1. The molecular formula is C14H17N5O. The van der Waals surface area contributed by atoms with Crippen molar-refractivity contribution in [3.05, 3.63) is 42.3 Å². The summed E-state index contributed by atoms with van der Waals surface area (Å²) >= 11 is 0. The van der Waals surface area contributed by atoms with E-state index in [1.165, 1.54) is 11.9 Å². The van der Waals surface area contributed by atoms with Crippen molar-refractivity contribution < 1.29 is 4.52 Å². The first-order chi connectivity index (χ1) is 9.88. The van der Waals surface area contributed by atoms with Crippen LogP contribution in [-0.2, 0) is 19.6 Å². The predicted molar refractivity (Wildman–Crippen MR) is 74.9 cm³/mol. The van der Waals surface area contributed by atoms with Crippen molar-refractivity contribution >= 4 is 11.0 Å². The van der Waals surface area contributed by atoms with Gasteiger partial charge >= 0.3 is 0 Å². The van der Waals surface area contributed by atoms with Crippen LogP contribution < -0.4 is 5.32 Å². The topological polar surface area (TPSA) is 68.8 Å². The third-order valence-corrected chi connectivity index (χ3v) is 3.15. The molecular weight excluding hydrogens is 254 g/mol. The molecule has 0 saturated heterocycles. The highest BCUT2D eigenvalue weighted by Crippen LogP contribution is 2.16. The van der Waals surface area contributed by atoms with Crippen molar-refractivity contribution in [1.29, 1.82) is 0 Å². The lowest BCUT2D eigenvalue weighted by Crippen LogP contribution is -2.17. The van der Waals surface area contributed by atoms with Gasteiger partial charge in [0, 0.05) is 6.54 Å². The molecule has 0 saturated carbocycles. The molecule has 6 heteroatoms. The first-order valence-electron chi connectivity index (χ1n) is 6.78. The molecule has 0 radical (unpaired) electrons. The molecule has 0 atom stereocenters. The van der Waals surface area contributed by atoms with E-state index in [-0.39, 0.29) is 0 Å². The summed E-state index contributed by atoms with van der Waals surface area (Å²) in [5.74, 6) is 1.69. The number of hydrogen-bond donors (Lipinski definition) is 1. The van der Waals surface area contributed by atoms with Gasteiger partial charge in [0.05, 0.1) is 24.1 Å². The molecule has 6 nitrogen and oxygen atoms in total. The van der Waals surface area contributed by atoms with Gasteiger partial charge in [-0.2, -0.15) is 4.98 Å². The van der Waals surface area contributed by atoms with Crippen molar-refractivity contribution in [3.8, 4) is 0 Å². The average Bonchev–Trinajstić information content (AvgIpc) is 3.08. The Morgan fingerprint density at radius 3 is 2.95 bits per heavy atom. The van der Waals surface area contributed by atoms with Crippen molar-refractivity contribution in [3.63, 3.8) is 0 Å². The van der Waals surface area contributed by atoms with Crippen LogP contribution in [0.25, 0.3) is 11.0 Å². The molecule has 0 aliphatic rings. The van der Waals surface area contributed by atoms with Gasteiger partial charge in [-0.15, -0.1) is 0 Å². The number of fused-ring (bicyclic) bond motifs is 1. The van der Waals surface area contributed by atoms with E-state index in [0.717, 1.165) is 24.3 Å². The second-order valence-electron chi connectivity index (χ2n) is 4.62. The summed E-state index contributed by atoms with van der Waals surface area (Å²) in [5.41, 5.74) is 2.23. The lowest BCUT2D eigenvalue weighted by atomic mass is 10.3. The third-order valence-electron chi connectivity index (χ3n) is 3.15. The minimum atomic E-state index is 0.575. The molecule has 0 aliphatic heterocycles. The molecule has 0 unspecified atom stereocenters. The van der Waals surface area contributed by atoms with Crippen LogP contribution >= 0.6 is 0 Å². The fourth-order valence-corrected chi connectivity index (χ4v) is 2.29. The Bertz CT molecular complexity index is 674. The van der Waals surface area contributed by atoms with E-state index >= 15 is 0 Å². The van der Waals surface area contributed by atoms with E-state index < -0.39 is 0 Å². The van der Waals surface area contributed by atoms with Gasteiger partial charge in [-0.1, -0.05) is 24.2 Å². The van der Waals surface area contributed by atoms with Crippen molar-refractivity contribution in [2.75, 3.05) is 0 Å². The van der Waals surface area contributed by atoms with E-state index in [1.54, 1.807) is 0 Å². The van der Waals surface area contributed by atoms with Crippen LogP contribution in [0, 0.1) is 0 Å². The maximum atomic E-state index is 4.71. The van der Waals surface area contributed by atoms with Gasteiger partial charge in [0.1, 0.15) is 5.82 Å². The predicted octanol–water partition coefficient (Wildman–Crippen LogP) is 2.12. The molecule has 20 heavy (non-hydrogen) atoms. The van der Waals surface area contributed by atoms with Gasteiger partial charge in [-0.05, 0) is 18.6 Å². The second kappa shape index (κ2) is 5.83. The smallest absolute Gasteiger partial charge is 0.213 e. The highest BCUT2D eigenvalue weighted by Gasteiger charge is 2.09. The zero-order valence-corrected chi connectivity index (χ0v) is 11.4. The minimum absolute atomic E-state index is 0.575.